The van der Waals surface area contributed by atoms with Crippen LogP contribution in [0.3, 0.4) is 0 Å². The molecule has 0 aliphatic heterocycles. The van der Waals surface area contributed by atoms with Crippen molar-refractivity contribution in [3.05, 3.63) is 47.7 Å². The minimum absolute atomic E-state index is 0.344. The van der Waals surface area contributed by atoms with Gasteiger partial charge < -0.3 is 23.9 Å². The molecule has 3 aromatic rings. The van der Waals surface area contributed by atoms with E-state index in [-0.39, 0.29) is 0 Å². The van der Waals surface area contributed by atoms with Gasteiger partial charge in [-0.3, -0.25) is 4.79 Å². The summed E-state index contributed by atoms with van der Waals surface area (Å²) in [6, 6.07) is 10.7. The summed E-state index contributed by atoms with van der Waals surface area (Å²) in [5, 5.41) is 4.75. The number of amides is 1. The Morgan fingerprint density at radius 1 is 0.964 bits per heavy atom. The Hall–Kier alpha value is -3.68. The number of aromatic amines is 1. The summed E-state index contributed by atoms with van der Waals surface area (Å²) in [6.07, 6.45) is 1.49. The largest absolute Gasteiger partial charge is 0.493 e. The van der Waals surface area contributed by atoms with Gasteiger partial charge in [0, 0.05) is 10.9 Å². The number of hydrogen-bond acceptors (Lipinski definition) is 6. The molecule has 3 rings (SSSR count). The van der Waals surface area contributed by atoms with Crippen molar-refractivity contribution in [2.45, 2.75) is 0 Å². The fraction of sp³-hybridized carbons (Fsp3) is 0.200. The van der Waals surface area contributed by atoms with Gasteiger partial charge >= 0.3 is 0 Å². The van der Waals surface area contributed by atoms with E-state index in [4.69, 9.17) is 18.9 Å². The summed E-state index contributed by atoms with van der Waals surface area (Å²) < 4.78 is 21.3. The maximum absolute atomic E-state index is 12.5. The molecule has 1 heterocycles. The molecule has 1 amide bonds. The minimum Gasteiger partial charge on any atom is -0.493 e. The summed E-state index contributed by atoms with van der Waals surface area (Å²) in [5.41, 5.74) is 4.26. The predicted molar refractivity (Wildman–Crippen MR) is 106 cm³/mol. The van der Waals surface area contributed by atoms with Crippen LogP contribution in [0.25, 0.3) is 10.9 Å². The van der Waals surface area contributed by atoms with Crippen LogP contribution in [0.4, 0.5) is 0 Å². The van der Waals surface area contributed by atoms with E-state index in [0.717, 1.165) is 10.9 Å². The highest BCUT2D eigenvalue weighted by atomic mass is 16.5. The first kappa shape index (κ1) is 19.1. The van der Waals surface area contributed by atoms with Gasteiger partial charge in [-0.2, -0.15) is 5.10 Å². The van der Waals surface area contributed by atoms with Crippen molar-refractivity contribution >= 4 is 23.0 Å². The Bertz CT molecular complexity index is 1030. The van der Waals surface area contributed by atoms with Gasteiger partial charge in [-0.05, 0) is 30.3 Å². The normalized spacial score (nSPS) is 10.9. The first-order chi connectivity index (χ1) is 13.6. The highest BCUT2D eigenvalue weighted by Crippen LogP contribution is 2.35. The van der Waals surface area contributed by atoms with Gasteiger partial charge in [-0.25, -0.2) is 5.43 Å². The number of fused-ring (bicyclic) bond motifs is 1. The number of rotatable bonds is 7. The number of benzene rings is 2. The van der Waals surface area contributed by atoms with Gasteiger partial charge in [0.1, 0.15) is 5.69 Å². The van der Waals surface area contributed by atoms with E-state index in [1.54, 1.807) is 52.7 Å². The average molecular weight is 383 g/mol. The number of carbonyl (C=O) groups is 1. The Morgan fingerprint density at radius 3 is 2.36 bits per heavy atom. The molecule has 0 atom stereocenters. The number of methoxy groups -OCH3 is 4. The molecule has 28 heavy (non-hydrogen) atoms. The second-order valence-corrected chi connectivity index (χ2v) is 5.73. The highest BCUT2D eigenvalue weighted by molar-refractivity contribution is 6.00. The number of hydrazone groups is 1. The van der Waals surface area contributed by atoms with Crippen LogP contribution in [-0.4, -0.2) is 45.5 Å². The van der Waals surface area contributed by atoms with Crippen molar-refractivity contribution in [1.82, 2.24) is 10.4 Å². The van der Waals surface area contributed by atoms with Crippen molar-refractivity contribution < 1.29 is 23.7 Å². The zero-order chi connectivity index (χ0) is 20.1. The molecule has 0 fully saturated rings. The molecule has 0 bridgehead atoms. The predicted octanol–water partition coefficient (Wildman–Crippen LogP) is 2.97. The van der Waals surface area contributed by atoms with Crippen LogP contribution in [0.15, 0.2) is 41.5 Å². The molecule has 0 radical (unpaired) electrons. The number of nitrogens with one attached hydrogen (secondary N) is 2. The fourth-order valence-corrected chi connectivity index (χ4v) is 2.89. The van der Waals surface area contributed by atoms with Crippen molar-refractivity contribution in [2.24, 2.45) is 5.10 Å². The van der Waals surface area contributed by atoms with E-state index in [1.165, 1.54) is 6.21 Å². The molecule has 0 spiro atoms. The molecule has 8 nitrogen and oxygen atoms in total. The van der Waals surface area contributed by atoms with E-state index in [1.807, 2.05) is 12.1 Å². The summed E-state index contributed by atoms with van der Waals surface area (Å²) in [4.78, 5) is 15.5. The van der Waals surface area contributed by atoms with Crippen LogP contribution >= 0.6 is 0 Å². The van der Waals surface area contributed by atoms with Gasteiger partial charge in [-0.1, -0.05) is 6.07 Å². The summed E-state index contributed by atoms with van der Waals surface area (Å²) in [6.45, 7) is 0. The lowest BCUT2D eigenvalue weighted by molar-refractivity contribution is 0.0951. The third-order valence-electron chi connectivity index (χ3n) is 4.19. The minimum atomic E-state index is -0.393. The Balaban J connectivity index is 1.81. The van der Waals surface area contributed by atoms with Crippen LogP contribution < -0.4 is 24.4 Å². The van der Waals surface area contributed by atoms with Crippen LogP contribution in [-0.2, 0) is 0 Å². The van der Waals surface area contributed by atoms with E-state index in [0.29, 0.717) is 34.3 Å². The number of H-pyrrole nitrogens is 1. The SMILES string of the molecule is COc1cccc(/C=N/NC(=O)c2cc3c(OC)c(OC)ccc3[nH]2)c1OC. The molecule has 146 valence electrons. The van der Waals surface area contributed by atoms with Gasteiger partial charge in [0.2, 0.25) is 0 Å². The van der Waals surface area contributed by atoms with Crippen LogP contribution in [0, 0.1) is 0 Å². The molecule has 0 aliphatic carbocycles. The molecule has 8 heteroatoms. The van der Waals surface area contributed by atoms with Crippen molar-refractivity contribution in [3.63, 3.8) is 0 Å². The molecule has 2 N–H and O–H groups in total. The maximum atomic E-state index is 12.5. The monoisotopic (exact) mass is 383 g/mol. The molecule has 0 saturated heterocycles. The fourth-order valence-electron chi connectivity index (χ4n) is 2.89. The first-order valence-electron chi connectivity index (χ1n) is 8.41. The number of hydrogen-bond donors (Lipinski definition) is 2. The lowest BCUT2D eigenvalue weighted by Gasteiger charge is -2.09. The van der Waals surface area contributed by atoms with Crippen LogP contribution in [0.1, 0.15) is 16.1 Å². The summed E-state index contributed by atoms with van der Waals surface area (Å²) in [7, 11) is 6.21. The highest BCUT2D eigenvalue weighted by Gasteiger charge is 2.15. The van der Waals surface area contributed by atoms with E-state index in [2.05, 4.69) is 15.5 Å². The van der Waals surface area contributed by atoms with Gasteiger partial charge in [0.25, 0.3) is 5.91 Å². The first-order valence-corrected chi connectivity index (χ1v) is 8.41. The van der Waals surface area contributed by atoms with Crippen LogP contribution in [0.2, 0.25) is 0 Å². The second kappa shape index (κ2) is 8.34. The summed E-state index contributed by atoms with van der Waals surface area (Å²) in [5.74, 6) is 1.86. The van der Waals surface area contributed by atoms with E-state index < -0.39 is 5.91 Å². The van der Waals surface area contributed by atoms with Crippen LogP contribution in [0.5, 0.6) is 23.0 Å². The number of para-hydroxylation sites is 1. The average Bonchev–Trinajstić information content (AvgIpc) is 3.17. The third-order valence-corrected chi connectivity index (χ3v) is 4.19. The quantitative estimate of drug-likeness (QED) is 0.483. The maximum Gasteiger partial charge on any atom is 0.287 e. The standard InChI is InChI=1S/C20H21N3O5/c1-25-16-7-5-6-12(18(16)27-3)11-21-23-20(24)15-10-13-14(22-15)8-9-17(26-2)19(13)28-4/h5-11,22H,1-4H3,(H,23,24)/b21-11+. The van der Waals surface area contributed by atoms with E-state index in [9.17, 15) is 4.79 Å². The molecule has 1 aromatic heterocycles. The number of ether oxygens (including phenoxy) is 4. The second-order valence-electron chi connectivity index (χ2n) is 5.73. The smallest absolute Gasteiger partial charge is 0.287 e. The van der Waals surface area contributed by atoms with E-state index >= 15 is 0 Å². The molecular weight excluding hydrogens is 362 g/mol. The zero-order valence-corrected chi connectivity index (χ0v) is 16.0. The van der Waals surface area contributed by atoms with Crippen molar-refractivity contribution in [3.8, 4) is 23.0 Å². The molecule has 0 saturated carbocycles. The van der Waals surface area contributed by atoms with Gasteiger partial charge in [-0.15, -0.1) is 0 Å². The lowest BCUT2D eigenvalue weighted by atomic mass is 10.2. The molecular formula is C20H21N3O5. The third kappa shape index (κ3) is 3.57. The number of carbonyl (C=O) groups excluding carboxylic acids is 1. The number of aromatic nitrogens is 1. The molecule has 2 aromatic carbocycles. The lowest BCUT2D eigenvalue weighted by Crippen LogP contribution is -2.17. The molecule has 0 aliphatic rings. The Morgan fingerprint density at radius 2 is 1.68 bits per heavy atom. The Kier molecular flexibility index (Phi) is 5.69. The number of nitrogens with zero attached hydrogens (tertiary/aromatic N) is 1. The van der Waals surface area contributed by atoms with Crippen molar-refractivity contribution in [1.29, 1.82) is 0 Å². The van der Waals surface area contributed by atoms with Gasteiger partial charge in [0.05, 0.1) is 40.2 Å². The van der Waals surface area contributed by atoms with Gasteiger partial charge in [0.15, 0.2) is 23.0 Å². The summed E-state index contributed by atoms with van der Waals surface area (Å²) >= 11 is 0. The topological polar surface area (TPSA) is 94.2 Å². The zero-order valence-electron chi connectivity index (χ0n) is 16.0. The van der Waals surface area contributed by atoms with Crippen molar-refractivity contribution in [2.75, 3.05) is 28.4 Å². The Labute approximate surface area is 162 Å². The molecule has 0 unspecified atom stereocenters.